The number of aliphatic imine (C=N–C) groups is 1. The van der Waals surface area contributed by atoms with Crippen LogP contribution in [0, 0.1) is 11.6 Å². The van der Waals surface area contributed by atoms with Crippen LogP contribution in [0.4, 0.5) is 26.7 Å². The smallest absolute Gasteiger partial charge is 0.416 e. The van der Waals surface area contributed by atoms with Gasteiger partial charge in [-0.2, -0.15) is 13.2 Å². The number of carbonyl (C=O) groups is 2. The monoisotopic (exact) mass is 511 g/mol. The number of alkyl halides is 3. The first kappa shape index (κ1) is 27.1. The van der Waals surface area contributed by atoms with Gasteiger partial charge < -0.3 is 15.4 Å². The van der Waals surface area contributed by atoms with E-state index in [2.05, 4.69) is 15.6 Å². The van der Waals surface area contributed by atoms with Gasteiger partial charge in [-0.25, -0.2) is 13.6 Å². The number of alkyl carbamates (subject to hydrolysis) is 1. The number of benzene rings is 2. The molecule has 2 aromatic carbocycles. The Morgan fingerprint density at radius 2 is 1.75 bits per heavy atom. The number of nitrogens with one attached hydrogen (secondary N) is 2. The van der Waals surface area contributed by atoms with Crippen molar-refractivity contribution < 1.29 is 36.3 Å². The largest absolute Gasteiger partial charge is 0.450 e. The van der Waals surface area contributed by atoms with Crippen molar-refractivity contribution in [2.75, 3.05) is 6.61 Å². The van der Waals surface area contributed by atoms with Crippen molar-refractivity contribution in [2.24, 2.45) is 4.99 Å². The second kappa shape index (κ2) is 12.0. The lowest BCUT2D eigenvalue weighted by molar-refractivity contribution is -0.137. The van der Waals surface area contributed by atoms with Gasteiger partial charge in [0, 0.05) is 18.0 Å². The molecule has 36 heavy (non-hydrogen) atoms. The lowest BCUT2D eigenvalue weighted by Gasteiger charge is -2.27. The third-order valence-corrected chi connectivity index (χ3v) is 5.70. The summed E-state index contributed by atoms with van der Waals surface area (Å²) in [6.45, 7) is 1.95. The van der Waals surface area contributed by atoms with Gasteiger partial charge in [0.05, 0.1) is 18.2 Å². The quantitative estimate of drug-likeness (QED) is 0.309. The van der Waals surface area contributed by atoms with Gasteiger partial charge in [0.25, 0.3) is 5.91 Å². The maximum Gasteiger partial charge on any atom is 0.416 e. The zero-order chi connectivity index (χ0) is 26.3. The van der Waals surface area contributed by atoms with Crippen molar-refractivity contribution in [3.8, 4) is 0 Å². The number of ether oxygens (including phenoxy) is 1. The molecule has 0 aromatic heterocycles. The van der Waals surface area contributed by atoms with Crippen molar-refractivity contribution in [3.05, 3.63) is 70.8 Å². The van der Waals surface area contributed by atoms with Crippen LogP contribution in [0.25, 0.3) is 0 Å². The minimum absolute atomic E-state index is 0.0980. The number of amidine groups is 1. The van der Waals surface area contributed by atoms with E-state index in [1.165, 1.54) is 12.1 Å². The minimum atomic E-state index is -4.54. The molecule has 2 N–H and O–H groups in total. The fourth-order valence-electron chi connectivity index (χ4n) is 3.92. The van der Waals surface area contributed by atoms with Crippen LogP contribution in [-0.2, 0) is 17.3 Å². The summed E-state index contributed by atoms with van der Waals surface area (Å²) in [6, 6.07) is 6.95. The van der Waals surface area contributed by atoms with Gasteiger partial charge in [-0.15, -0.1) is 0 Å². The lowest BCUT2D eigenvalue weighted by atomic mass is 9.91. The molecular formula is C25H26F5N3O3. The van der Waals surface area contributed by atoms with Crippen molar-refractivity contribution in [2.45, 2.75) is 57.3 Å². The Morgan fingerprint density at radius 3 is 2.39 bits per heavy atom. The van der Waals surface area contributed by atoms with Crippen LogP contribution in [0.3, 0.4) is 0 Å². The molecule has 194 valence electrons. The van der Waals surface area contributed by atoms with Crippen LogP contribution >= 0.6 is 0 Å². The normalized spacial score (nSPS) is 18.4. The second-order valence-corrected chi connectivity index (χ2v) is 8.40. The zero-order valence-corrected chi connectivity index (χ0v) is 19.5. The van der Waals surface area contributed by atoms with E-state index in [4.69, 9.17) is 4.74 Å². The van der Waals surface area contributed by atoms with Gasteiger partial charge in [0.15, 0.2) is 11.6 Å². The summed E-state index contributed by atoms with van der Waals surface area (Å²) in [5.41, 5.74) is -0.725. The molecule has 1 saturated carbocycles. The van der Waals surface area contributed by atoms with Crippen LogP contribution in [0.2, 0.25) is 0 Å². The number of hydrogen-bond donors (Lipinski definition) is 2. The van der Waals surface area contributed by atoms with Gasteiger partial charge in [0.2, 0.25) is 0 Å². The van der Waals surface area contributed by atoms with Crippen molar-refractivity contribution in [3.63, 3.8) is 0 Å². The number of amides is 2. The maximum absolute atomic E-state index is 13.6. The lowest BCUT2D eigenvalue weighted by Crippen LogP contribution is -2.39. The Morgan fingerprint density at radius 1 is 1.03 bits per heavy atom. The highest BCUT2D eigenvalue weighted by molar-refractivity contribution is 6.07. The topological polar surface area (TPSA) is 79.8 Å². The van der Waals surface area contributed by atoms with E-state index in [0.29, 0.717) is 25.7 Å². The van der Waals surface area contributed by atoms with E-state index >= 15 is 0 Å². The molecular weight excluding hydrogens is 485 g/mol. The average Bonchev–Trinajstić information content (AvgIpc) is 2.82. The highest BCUT2D eigenvalue weighted by Gasteiger charge is 2.30. The number of rotatable bonds is 6. The standard InChI is InChI=1S/C25H26F5N3O3/c1-2-36-24(35)32-19-9-7-18(8-10-19)31-22(13-15-4-3-5-17(12-15)25(28,29)30)33-23(34)16-6-11-20(26)21(27)14-16/h3-6,11-12,14,18-19H,2,7-10,13H2,1H3,(H,32,35)(H,31,33,34). The number of halogens is 5. The van der Waals surface area contributed by atoms with E-state index in [9.17, 15) is 31.5 Å². The third-order valence-electron chi connectivity index (χ3n) is 5.70. The first-order valence-corrected chi connectivity index (χ1v) is 11.5. The molecule has 6 nitrogen and oxygen atoms in total. The Labute approximate surface area is 204 Å². The fraction of sp³-hybridized carbons (Fsp3) is 0.400. The first-order valence-electron chi connectivity index (χ1n) is 11.5. The Hall–Kier alpha value is -3.50. The fourth-order valence-corrected chi connectivity index (χ4v) is 3.92. The number of carbonyl (C=O) groups excluding carboxylic acids is 2. The van der Waals surface area contributed by atoms with Gasteiger partial charge in [-0.3, -0.25) is 9.79 Å². The number of hydrogen-bond acceptors (Lipinski definition) is 4. The number of nitrogens with zero attached hydrogens (tertiary/aromatic N) is 1. The van der Waals surface area contributed by atoms with Gasteiger partial charge in [-0.05, 0) is 62.4 Å². The molecule has 0 bridgehead atoms. The summed E-state index contributed by atoms with van der Waals surface area (Å²) in [5.74, 6) is -2.98. The van der Waals surface area contributed by atoms with Crippen molar-refractivity contribution in [1.29, 1.82) is 0 Å². The molecule has 0 radical (unpaired) electrons. The van der Waals surface area contributed by atoms with E-state index in [1.807, 2.05) is 0 Å². The molecule has 1 aliphatic rings. The summed E-state index contributed by atoms with van der Waals surface area (Å²) >= 11 is 0. The maximum atomic E-state index is 13.6. The van der Waals surface area contributed by atoms with Crippen molar-refractivity contribution in [1.82, 2.24) is 10.6 Å². The molecule has 2 aromatic rings. The van der Waals surface area contributed by atoms with Gasteiger partial charge in [0.1, 0.15) is 5.84 Å². The van der Waals surface area contributed by atoms with Crippen LogP contribution in [0.5, 0.6) is 0 Å². The van der Waals surface area contributed by atoms with Gasteiger partial charge >= 0.3 is 12.3 Å². The molecule has 0 heterocycles. The molecule has 0 spiro atoms. The molecule has 2 amide bonds. The zero-order valence-electron chi connectivity index (χ0n) is 19.5. The minimum Gasteiger partial charge on any atom is -0.450 e. The summed E-state index contributed by atoms with van der Waals surface area (Å²) in [7, 11) is 0. The summed E-state index contributed by atoms with van der Waals surface area (Å²) in [5, 5.41) is 5.31. The SMILES string of the molecule is CCOC(=O)NC1CCC(N=C(Cc2cccc(C(F)(F)F)c2)NC(=O)c2ccc(F)c(F)c2)CC1. The summed E-state index contributed by atoms with van der Waals surface area (Å²) in [6.07, 6.45) is -2.84. The van der Waals surface area contributed by atoms with E-state index < -0.39 is 35.4 Å². The summed E-state index contributed by atoms with van der Waals surface area (Å²) in [4.78, 5) is 28.9. The Kier molecular flexibility index (Phi) is 9.00. The van der Waals surface area contributed by atoms with Crippen LogP contribution in [0.1, 0.15) is 54.1 Å². The Balaban J connectivity index is 1.77. The van der Waals surface area contributed by atoms with E-state index in [1.54, 1.807) is 6.92 Å². The van der Waals surface area contributed by atoms with Crippen LogP contribution < -0.4 is 10.6 Å². The third kappa shape index (κ3) is 7.76. The molecule has 0 aliphatic heterocycles. The molecule has 3 rings (SSSR count). The van der Waals surface area contributed by atoms with E-state index in [-0.39, 0.29) is 42.1 Å². The van der Waals surface area contributed by atoms with Crippen molar-refractivity contribution >= 4 is 17.8 Å². The Bertz CT molecular complexity index is 1110. The molecule has 1 fully saturated rings. The average molecular weight is 511 g/mol. The predicted molar refractivity (Wildman–Crippen MR) is 123 cm³/mol. The van der Waals surface area contributed by atoms with Gasteiger partial charge in [-0.1, -0.05) is 18.2 Å². The molecule has 0 atom stereocenters. The first-order chi connectivity index (χ1) is 17.0. The molecule has 0 saturated heterocycles. The van der Waals surface area contributed by atoms with Crippen LogP contribution in [-0.4, -0.2) is 36.5 Å². The van der Waals surface area contributed by atoms with Crippen LogP contribution in [0.15, 0.2) is 47.5 Å². The summed E-state index contributed by atoms with van der Waals surface area (Å²) < 4.78 is 71.2. The molecule has 0 unspecified atom stereocenters. The highest BCUT2D eigenvalue weighted by atomic mass is 19.4. The second-order valence-electron chi connectivity index (χ2n) is 8.40. The molecule has 11 heteroatoms. The van der Waals surface area contributed by atoms with E-state index in [0.717, 1.165) is 30.3 Å². The highest BCUT2D eigenvalue weighted by Crippen LogP contribution is 2.30. The predicted octanol–water partition coefficient (Wildman–Crippen LogP) is 5.41. The molecule has 1 aliphatic carbocycles.